The van der Waals surface area contributed by atoms with Crippen LogP contribution in [0.15, 0.2) is 170 Å². The summed E-state index contributed by atoms with van der Waals surface area (Å²) in [6.07, 6.45) is 1.85. The normalized spacial score (nSPS) is 11.6. The van der Waals surface area contributed by atoms with E-state index in [-0.39, 0.29) is 0 Å². The Morgan fingerprint density at radius 3 is 1.51 bits per heavy atom. The smallest absolute Gasteiger partial charge is 0.137 e. The molecule has 0 fully saturated rings. The maximum absolute atomic E-state index is 4.70. The van der Waals surface area contributed by atoms with Crippen molar-refractivity contribution >= 4 is 60.7 Å². The molecule has 0 aliphatic rings. The number of fused-ring (bicyclic) bond motifs is 6. The lowest BCUT2D eigenvalue weighted by atomic mass is 10.1. The number of pyridine rings is 1. The summed E-state index contributed by atoms with van der Waals surface area (Å²) in [5.41, 5.74) is 9.14. The quantitative estimate of drug-likeness (QED) is 0.204. The van der Waals surface area contributed by atoms with E-state index in [1.165, 1.54) is 32.6 Å². The van der Waals surface area contributed by atoms with Crippen LogP contribution >= 0.6 is 0 Å². The molecule has 0 atom stereocenters. The molecule has 4 heteroatoms. The van der Waals surface area contributed by atoms with E-state index in [0.717, 1.165) is 39.6 Å². The molecule has 0 amide bonds. The highest BCUT2D eigenvalue weighted by molar-refractivity contribution is 6.12. The largest absolute Gasteiger partial charge is 0.310 e. The number of hydrogen-bond donors (Lipinski definition) is 0. The highest BCUT2D eigenvalue weighted by Crippen LogP contribution is 2.42. The second kappa shape index (κ2) is 10.2. The van der Waals surface area contributed by atoms with Crippen molar-refractivity contribution in [3.05, 3.63) is 170 Å². The first-order valence-electron chi connectivity index (χ1n) is 15.2. The Balaban J connectivity index is 1.28. The molecule has 9 aromatic rings. The van der Waals surface area contributed by atoms with E-state index in [9.17, 15) is 0 Å². The van der Waals surface area contributed by atoms with Gasteiger partial charge in [0.25, 0.3) is 0 Å². The van der Waals surface area contributed by atoms with Gasteiger partial charge in [0, 0.05) is 50.5 Å². The van der Waals surface area contributed by atoms with Crippen LogP contribution in [0.2, 0.25) is 0 Å². The van der Waals surface area contributed by atoms with Crippen LogP contribution in [-0.2, 0) is 0 Å². The third-order valence-electron chi connectivity index (χ3n) is 8.74. The molecule has 0 radical (unpaired) electrons. The van der Waals surface area contributed by atoms with Gasteiger partial charge in [-0.15, -0.1) is 0 Å². The Kier molecular flexibility index (Phi) is 5.78. The minimum absolute atomic E-state index is 0.914. The molecule has 0 saturated carbocycles. The number of anilines is 3. The zero-order chi connectivity index (χ0) is 29.7. The predicted octanol–water partition coefficient (Wildman–Crippen LogP) is 10.7. The zero-order valence-electron chi connectivity index (χ0n) is 24.5. The molecule has 9 rings (SSSR count). The molecule has 45 heavy (non-hydrogen) atoms. The van der Waals surface area contributed by atoms with Crippen LogP contribution in [0.3, 0.4) is 0 Å². The van der Waals surface area contributed by atoms with Crippen molar-refractivity contribution in [2.45, 2.75) is 0 Å². The highest BCUT2D eigenvalue weighted by atomic mass is 15.1. The molecule has 0 N–H and O–H groups in total. The monoisotopic (exact) mass is 576 g/mol. The third kappa shape index (κ3) is 4.04. The molecule has 0 saturated heterocycles. The number of rotatable bonds is 5. The summed E-state index contributed by atoms with van der Waals surface area (Å²) in [6.45, 7) is 0. The van der Waals surface area contributed by atoms with Crippen LogP contribution < -0.4 is 4.90 Å². The molecule has 0 unspecified atom stereocenters. The van der Waals surface area contributed by atoms with Crippen molar-refractivity contribution < 1.29 is 0 Å². The average Bonchev–Trinajstić information content (AvgIpc) is 3.62. The van der Waals surface area contributed by atoms with Gasteiger partial charge in [-0.05, 0) is 84.9 Å². The zero-order valence-corrected chi connectivity index (χ0v) is 24.5. The Hall–Kier alpha value is -6.13. The molecule has 3 aromatic heterocycles. The van der Waals surface area contributed by atoms with Crippen LogP contribution in [0.1, 0.15) is 0 Å². The van der Waals surface area contributed by atoms with Crippen LogP contribution in [-0.4, -0.2) is 14.1 Å². The second-order valence-electron chi connectivity index (χ2n) is 11.3. The third-order valence-corrected chi connectivity index (χ3v) is 8.74. The van der Waals surface area contributed by atoms with Gasteiger partial charge in [-0.3, -0.25) is 4.57 Å². The van der Waals surface area contributed by atoms with E-state index in [1.54, 1.807) is 0 Å². The van der Waals surface area contributed by atoms with Crippen molar-refractivity contribution in [2.24, 2.45) is 0 Å². The van der Waals surface area contributed by atoms with E-state index in [1.807, 2.05) is 18.3 Å². The van der Waals surface area contributed by atoms with Gasteiger partial charge in [-0.25, -0.2) is 4.98 Å². The Morgan fingerprint density at radius 2 is 0.889 bits per heavy atom. The minimum Gasteiger partial charge on any atom is -0.310 e. The van der Waals surface area contributed by atoms with Crippen LogP contribution in [0.4, 0.5) is 17.1 Å². The lowest BCUT2D eigenvalue weighted by molar-refractivity contribution is 1.08. The Morgan fingerprint density at radius 1 is 0.378 bits per heavy atom. The maximum atomic E-state index is 4.70. The summed E-state index contributed by atoms with van der Waals surface area (Å²) in [4.78, 5) is 7.06. The van der Waals surface area contributed by atoms with Crippen molar-refractivity contribution in [1.82, 2.24) is 14.1 Å². The van der Waals surface area contributed by atoms with Gasteiger partial charge >= 0.3 is 0 Å². The first-order valence-corrected chi connectivity index (χ1v) is 15.2. The molecule has 0 aliphatic heterocycles. The van der Waals surface area contributed by atoms with Gasteiger partial charge in [0.1, 0.15) is 5.82 Å². The number of para-hydroxylation sites is 4. The number of hydrogen-bond acceptors (Lipinski definition) is 2. The lowest BCUT2D eigenvalue weighted by Crippen LogP contribution is -2.09. The van der Waals surface area contributed by atoms with Gasteiger partial charge in [-0.1, -0.05) is 78.9 Å². The van der Waals surface area contributed by atoms with Crippen molar-refractivity contribution in [2.75, 3.05) is 4.90 Å². The lowest BCUT2D eigenvalue weighted by Gasteiger charge is -2.26. The van der Waals surface area contributed by atoms with Crippen LogP contribution in [0.5, 0.6) is 0 Å². The molecule has 212 valence electrons. The van der Waals surface area contributed by atoms with Crippen LogP contribution in [0, 0.1) is 0 Å². The minimum atomic E-state index is 0.914. The van der Waals surface area contributed by atoms with Gasteiger partial charge in [-0.2, -0.15) is 0 Å². The highest BCUT2D eigenvalue weighted by Gasteiger charge is 2.19. The fourth-order valence-electron chi connectivity index (χ4n) is 6.81. The van der Waals surface area contributed by atoms with Gasteiger partial charge in [0.15, 0.2) is 0 Å². The Labute approximate surface area is 260 Å². The summed E-state index contributed by atoms with van der Waals surface area (Å²) < 4.78 is 4.62. The Bertz CT molecular complexity index is 2320. The van der Waals surface area contributed by atoms with Gasteiger partial charge < -0.3 is 9.47 Å². The summed E-state index contributed by atoms with van der Waals surface area (Å²) >= 11 is 0. The fourth-order valence-corrected chi connectivity index (χ4v) is 6.81. The van der Waals surface area contributed by atoms with Crippen molar-refractivity contribution in [3.63, 3.8) is 0 Å². The van der Waals surface area contributed by atoms with E-state index >= 15 is 0 Å². The average molecular weight is 577 g/mol. The molecule has 6 aromatic carbocycles. The second-order valence-corrected chi connectivity index (χ2v) is 11.3. The summed E-state index contributed by atoms with van der Waals surface area (Å²) in [7, 11) is 0. The molecule has 0 aliphatic carbocycles. The molecular weight excluding hydrogens is 548 g/mol. The predicted molar refractivity (Wildman–Crippen MR) is 188 cm³/mol. The number of aromatic nitrogens is 3. The summed E-state index contributed by atoms with van der Waals surface area (Å²) in [6, 6.07) is 58.2. The van der Waals surface area contributed by atoms with E-state index in [2.05, 4.69) is 166 Å². The van der Waals surface area contributed by atoms with Crippen molar-refractivity contribution in [3.8, 4) is 11.5 Å². The van der Waals surface area contributed by atoms with E-state index in [0.29, 0.717) is 0 Å². The van der Waals surface area contributed by atoms with E-state index < -0.39 is 0 Å². The van der Waals surface area contributed by atoms with E-state index in [4.69, 9.17) is 4.98 Å². The molecule has 0 spiro atoms. The molecule has 4 nitrogen and oxygen atoms in total. The van der Waals surface area contributed by atoms with Gasteiger partial charge in [0.2, 0.25) is 0 Å². The topological polar surface area (TPSA) is 26.0 Å². The number of benzene rings is 6. The standard InChI is InChI=1S/C41H28N4/c1-3-13-29(14-4-1)43(31-22-24-39-35(27-31)33-17-7-9-19-37(33)44(39)30-15-5-2-6-16-30)32-23-25-40-36(28-32)34-18-8-10-20-38(34)45(40)41-21-11-12-26-42-41/h1-28H. The fraction of sp³-hybridized carbons (Fsp3) is 0. The molecule has 0 bridgehead atoms. The molecular formula is C41H28N4. The van der Waals surface area contributed by atoms with Crippen LogP contribution in [0.25, 0.3) is 55.1 Å². The maximum Gasteiger partial charge on any atom is 0.137 e. The summed E-state index contributed by atoms with van der Waals surface area (Å²) in [5, 5.41) is 4.85. The SMILES string of the molecule is c1ccc(N(c2ccc3c(c2)c2ccccc2n3-c2ccccc2)c2ccc3c(c2)c2ccccc2n3-c2ccccn2)cc1. The van der Waals surface area contributed by atoms with Gasteiger partial charge in [0.05, 0.1) is 22.1 Å². The first-order chi connectivity index (χ1) is 22.3. The first kappa shape index (κ1) is 25.4. The summed E-state index contributed by atoms with van der Waals surface area (Å²) in [5.74, 6) is 0.914. The number of nitrogens with zero attached hydrogens (tertiary/aromatic N) is 4. The molecule has 3 heterocycles. The van der Waals surface area contributed by atoms with Crippen molar-refractivity contribution in [1.29, 1.82) is 0 Å².